The number of benzene rings is 2. The van der Waals surface area contributed by atoms with Crippen molar-refractivity contribution in [2.75, 3.05) is 21.3 Å². The summed E-state index contributed by atoms with van der Waals surface area (Å²) in [5.74, 6) is 0.498. The summed E-state index contributed by atoms with van der Waals surface area (Å²) >= 11 is 0. The van der Waals surface area contributed by atoms with Gasteiger partial charge in [-0.25, -0.2) is 13.1 Å². The third kappa shape index (κ3) is 4.24. The Labute approximate surface area is 151 Å². The summed E-state index contributed by atoms with van der Waals surface area (Å²) in [6.45, 7) is -0.00651. The van der Waals surface area contributed by atoms with E-state index in [1.54, 1.807) is 18.2 Å². The second-order valence-corrected chi connectivity index (χ2v) is 7.00. The van der Waals surface area contributed by atoms with E-state index in [1.165, 1.54) is 39.5 Å². The van der Waals surface area contributed by atoms with Crippen molar-refractivity contribution in [3.05, 3.63) is 47.5 Å². The van der Waals surface area contributed by atoms with Gasteiger partial charge in [0.1, 0.15) is 17.2 Å². The number of carbonyl (C=O) groups excluding carboxylic acids is 1. The van der Waals surface area contributed by atoms with Crippen molar-refractivity contribution in [3.8, 4) is 17.2 Å². The molecule has 8 nitrogen and oxygen atoms in total. The number of hydrogen-bond donors (Lipinski definition) is 2. The number of nitrogens with one attached hydrogen (secondary N) is 1. The first-order chi connectivity index (χ1) is 12.3. The van der Waals surface area contributed by atoms with E-state index in [0.717, 1.165) is 0 Å². The molecule has 2 aromatic carbocycles. The molecule has 140 valence electrons. The lowest BCUT2D eigenvalue weighted by Gasteiger charge is -2.13. The zero-order chi connectivity index (χ0) is 19.3. The highest BCUT2D eigenvalue weighted by molar-refractivity contribution is 7.89. The summed E-state index contributed by atoms with van der Waals surface area (Å²) in [5.41, 5.74) is 5.88. The Morgan fingerprint density at radius 2 is 1.69 bits per heavy atom. The van der Waals surface area contributed by atoms with E-state index >= 15 is 0 Å². The van der Waals surface area contributed by atoms with E-state index in [4.69, 9.17) is 19.9 Å². The lowest BCUT2D eigenvalue weighted by atomic mass is 10.2. The number of methoxy groups -OCH3 is 3. The van der Waals surface area contributed by atoms with Crippen molar-refractivity contribution >= 4 is 15.9 Å². The van der Waals surface area contributed by atoms with Gasteiger partial charge in [0, 0.05) is 18.2 Å². The number of primary amides is 1. The molecule has 0 aliphatic rings. The zero-order valence-electron chi connectivity index (χ0n) is 14.6. The lowest BCUT2D eigenvalue weighted by Crippen LogP contribution is -2.24. The van der Waals surface area contributed by atoms with Crippen molar-refractivity contribution in [1.29, 1.82) is 0 Å². The van der Waals surface area contributed by atoms with Gasteiger partial charge in [0.25, 0.3) is 5.91 Å². The minimum absolute atomic E-state index is 0.00651. The summed E-state index contributed by atoms with van der Waals surface area (Å²) < 4.78 is 42.9. The maximum absolute atomic E-state index is 12.5. The number of hydrogen-bond acceptors (Lipinski definition) is 6. The second kappa shape index (κ2) is 8.07. The van der Waals surface area contributed by atoms with Gasteiger partial charge in [-0.15, -0.1) is 0 Å². The molecule has 1 amide bonds. The predicted octanol–water partition coefficient (Wildman–Crippen LogP) is 1.29. The van der Waals surface area contributed by atoms with Crippen molar-refractivity contribution in [2.24, 2.45) is 5.73 Å². The monoisotopic (exact) mass is 380 g/mol. The van der Waals surface area contributed by atoms with Crippen LogP contribution in [-0.4, -0.2) is 35.7 Å². The van der Waals surface area contributed by atoms with E-state index in [1.807, 2.05) is 0 Å². The van der Waals surface area contributed by atoms with Crippen LogP contribution in [0.2, 0.25) is 0 Å². The fourth-order valence-electron chi connectivity index (χ4n) is 2.30. The van der Waals surface area contributed by atoms with Crippen LogP contribution in [0.5, 0.6) is 17.2 Å². The van der Waals surface area contributed by atoms with Crippen LogP contribution in [-0.2, 0) is 16.6 Å². The van der Waals surface area contributed by atoms with Crippen LogP contribution in [0.15, 0.2) is 41.3 Å². The number of rotatable bonds is 8. The molecule has 0 unspecified atom stereocenters. The Kier molecular flexibility index (Phi) is 6.06. The normalized spacial score (nSPS) is 11.0. The summed E-state index contributed by atoms with van der Waals surface area (Å²) in [4.78, 5) is 11.4. The van der Waals surface area contributed by atoms with Crippen molar-refractivity contribution < 1.29 is 27.4 Å². The van der Waals surface area contributed by atoms with Gasteiger partial charge in [0.15, 0.2) is 0 Å². The molecule has 2 aromatic rings. The molecule has 0 saturated heterocycles. The topological polar surface area (TPSA) is 117 Å². The third-order valence-corrected chi connectivity index (χ3v) is 5.09. The largest absolute Gasteiger partial charge is 0.497 e. The summed E-state index contributed by atoms with van der Waals surface area (Å²) in [6.07, 6.45) is 0. The predicted molar refractivity (Wildman–Crippen MR) is 95.1 cm³/mol. The molecule has 0 fully saturated rings. The quantitative estimate of drug-likeness (QED) is 0.713. The van der Waals surface area contributed by atoms with Crippen molar-refractivity contribution in [3.63, 3.8) is 0 Å². The van der Waals surface area contributed by atoms with Crippen molar-refractivity contribution in [1.82, 2.24) is 4.72 Å². The van der Waals surface area contributed by atoms with Gasteiger partial charge in [-0.2, -0.15) is 0 Å². The summed E-state index contributed by atoms with van der Waals surface area (Å²) in [5, 5.41) is 0. The Morgan fingerprint density at radius 1 is 1.00 bits per heavy atom. The van der Waals surface area contributed by atoms with Gasteiger partial charge < -0.3 is 19.9 Å². The maximum atomic E-state index is 12.5. The fourth-order valence-corrected chi connectivity index (χ4v) is 3.33. The summed E-state index contributed by atoms with van der Waals surface area (Å²) in [6, 6.07) is 8.94. The average molecular weight is 380 g/mol. The zero-order valence-corrected chi connectivity index (χ0v) is 15.4. The van der Waals surface area contributed by atoms with Crippen LogP contribution in [0, 0.1) is 0 Å². The molecule has 3 N–H and O–H groups in total. The Hall–Kier alpha value is -2.78. The van der Waals surface area contributed by atoms with Gasteiger partial charge in [-0.05, 0) is 24.3 Å². The van der Waals surface area contributed by atoms with Crippen LogP contribution in [0.1, 0.15) is 15.9 Å². The average Bonchev–Trinajstić information content (AvgIpc) is 2.65. The molecule has 0 saturated carbocycles. The van der Waals surface area contributed by atoms with Crippen LogP contribution in [0.4, 0.5) is 0 Å². The highest BCUT2D eigenvalue weighted by Crippen LogP contribution is 2.26. The van der Waals surface area contributed by atoms with Crippen molar-refractivity contribution in [2.45, 2.75) is 11.4 Å². The molecule has 26 heavy (non-hydrogen) atoms. The fraction of sp³-hybridized carbons (Fsp3) is 0.235. The number of carbonyl (C=O) groups is 1. The van der Waals surface area contributed by atoms with Crippen LogP contribution in [0.25, 0.3) is 0 Å². The molecule has 0 radical (unpaired) electrons. The first kappa shape index (κ1) is 19.5. The Balaban J connectivity index is 2.27. The van der Waals surface area contributed by atoms with E-state index in [0.29, 0.717) is 17.1 Å². The van der Waals surface area contributed by atoms with Gasteiger partial charge in [0.2, 0.25) is 10.0 Å². The molecule has 0 heterocycles. The SMILES string of the molecule is COc1ccc(CNS(=O)(=O)c2ccc(OC)c(C(N)=O)c2)c(OC)c1. The van der Waals surface area contributed by atoms with Crippen LogP contribution >= 0.6 is 0 Å². The van der Waals surface area contributed by atoms with Gasteiger partial charge in [-0.1, -0.05) is 6.07 Å². The Morgan fingerprint density at radius 3 is 2.27 bits per heavy atom. The van der Waals surface area contributed by atoms with Gasteiger partial charge in [0.05, 0.1) is 31.8 Å². The van der Waals surface area contributed by atoms with E-state index in [9.17, 15) is 13.2 Å². The molecule has 0 aliphatic heterocycles. The smallest absolute Gasteiger partial charge is 0.252 e. The third-order valence-electron chi connectivity index (χ3n) is 3.69. The molecule has 0 spiro atoms. The lowest BCUT2D eigenvalue weighted by molar-refractivity contribution is 0.0997. The molecular weight excluding hydrogens is 360 g/mol. The molecule has 2 rings (SSSR count). The van der Waals surface area contributed by atoms with Crippen LogP contribution < -0.4 is 24.7 Å². The first-order valence-electron chi connectivity index (χ1n) is 7.50. The minimum atomic E-state index is -3.88. The molecular formula is C17H20N2O6S. The second-order valence-electron chi connectivity index (χ2n) is 5.23. The van der Waals surface area contributed by atoms with Crippen LogP contribution in [0.3, 0.4) is 0 Å². The molecule has 0 aliphatic carbocycles. The highest BCUT2D eigenvalue weighted by Gasteiger charge is 2.19. The highest BCUT2D eigenvalue weighted by atomic mass is 32.2. The summed E-state index contributed by atoms with van der Waals surface area (Å²) in [7, 11) is 0.491. The van der Waals surface area contributed by atoms with Gasteiger partial charge in [-0.3, -0.25) is 4.79 Å². The Bertz CT molecular complexity index is 911. The maximum Gasteiger partial charge on any atom is 0.252 e. The first-order valence-corrected chi connectivity index (χ1v) is 8.99. The van der Waals surface area contributed by atoms with Gasteiger partial charge >= 0.3 is 0 Å². The number of amides is 1. The number of sulfonamides is 1. The standard InChI is InChI=1S/C17H20N2O6S/c1-23-12-5-4-11(16(8-12)25-3)10-19-26(21,22)13-6-7-15(24-2)14(9-13)17(18)20/h4-9,19H,10H2,1-3H3,(H2,18,20). The minimum Gasteiger partial charge on any atom is -0.497 e. The van der Waals surface area contributed by atoms with E-state index in [-0.39, 0.29) is 22.8 Å². The number of ether oxygens (including phenoxy) is 3. The number of nitrogens with two attached hydrogens (primary N) is 1. The molecule has 0 atom stereocenters. The van der Waals surface area contributed by atoms with E-state index in [2.05, 4.69) is 4.72 Å². The van der Waals surface area contributed by atoms with E-state index < -0.39 is 15.9 Å². The molecule has 9 heteroatoms. The molecule has 0 bridgehead atoms. The molecule has 0 aromatic heterocycles.